The van der Waals surface area contributed by atoms with Crippen molar-refractivity contribution in [2.45, 2.75) is 0 Å². The van der Waals surface area contributed by atoms with Crippen molar-refractivity contribution in [3.63, 3.8) is 0 Å². The quantitative estimate of drug-likeness (QED) is 0.946. The maximum Gasteiger partial charge on any atom is 0.259 e. The number of para-hydroxylation sites is 2. The molecule has 0 aromatic heterocycles. The number of hydrogen-bond donors (Lipinski definition) is 1. The zero-order valence-corrected chi connectivity index (χ0v) is 13.1. The van der Waals surface area contributed by atoms with E-state index in [-0.39, 0.29) is 5.91 Å². The Morgan fingerprint density at radius 3 is 2.59 bits per heavy atom. The first kappa shape index (κ1) is 14.7. The van der Waals surface area contributed by atoms with Crippen LogP contribution in [0.4, 0.5) is 11.4 Å². The average Bonchev–Trinajstić information content (AvgIpc) is 3.08. The molecule has 5 heteroatoms. The number of amides is 1. The molecule has 0 unspecified atom stereocenters. The second-order valence-corrected chi connectivity index (χ2v) is 5.98. The Bertz CT molecular complexity index is 700. The van der Waals surface area contributed by atoms with Crippen molar-refractivity contribution in [1.82, 2.24) is 5.32 Å². The molecule has 3 rings (SSSR count). The third kappa shape index (κ3) is 3.14. The minimum Gasteiger partial charge on any atom is -0.344 e. The van der Waals surface area contributed by atoms with Crippen molar-refractivity contribution < 1.29 is 4.79 Å². The summed E-state index contributed by atoms with van der Waals surface area (Å²) >= 11 is 1.58. The first-order chi connectivity index (χ1) is 10.8. The Hall–Kier alpha value is -2.27. The van der Waals surface area contributed by atoms with Crippen LogP contribution in [0.2, 0.25) is 0 Å². The predicted molar refractivity (Wildman–Crippen MR) is 93.2 cm³/mol. The first-order valence-corrected chi connectivity index (χ1v) is 8.10. The lowest BCUT2D eigenvalue weighted by molar-refractivity contribution is 0.0978. The van der Waals surface area contributed by atoms with Gasteiger partial charge in [-0.1, -0.05) is 42.1 Å². The van der Waals surface area contributed by atoms with Crippen LogP contribution in [0.3, 0.4) is 0 Å². The Labute approximate surface area is 134 Å². The zero-order valence-electron chi connectivity index (χ0n) is 12.3. The van der Waals surface area contributed by atoms with Crippen LogP contribution >= 0.6 is 11.8 Å². The molecule has 112 valence electrons. The number of rotatable bonds is 3. The maximum absolute atomic E-state index is 12.5. The number of hydrogen-bond acceptors (Lipinski definition) is 4. The van der Waals surface area contributed by atoms with E-state index in [9.17, 15) is 4.79 Å². The zero-order chi connectivity index (χ0) is 15.4. The monoisotopic (exact) mass is 311 g/mol. The van der Waals surface area contributed by atoms with Gasteiger partial charge < -0.3 is 10.2 Å². The Balaban J connectivity index is 1.87. The smallest absolute Gasteiger partial charge is 0.259 e. The molecule has 0 atom stereocenters. The number of carbonyl (C=O) groups excluding carboxylic acids is 1. The van der Waals surface area contributed by atoms with E-state index in [2.05, 4.69) is 10.3 Å². The number of aliphatic imine (C=N–C) groups is 1. The highest BCUT2D eigenvalue weighted by Gasteiger charge is 2.17. The summed E-state index contributed by atoms with van der Waals surface area (Å²) in [6.07, 6.45) is 0. The van der Waals surface area contributed by atoms with Crippen LogP contribution in [0, 0.1) is 0 Å². The molecule has 2 aromatic carbocycles. The van der Waals surface area contributed by atoms with Crippen molar-refractivity contribution >= 4 is 34.2 Å². The lowest BCUT2D eigenvalue weighted by atomic mass is 10.1. The van der Waals surface area contributed by atoms with Crippen molar-refractivity contribution in [2.24, 2.45) is 4.99 Å². The molecule has 0 saturated heterocycles. The first-order valence-electron chi connectivity index (χ1n) is 7.12. The molecule has 0 saturated carbocycles. The summed E-state index contributed by atoms with van der Waals surface area (Å²) < 4.78 is 0. The van der Waals surface area contributed by atoms with Gasteiger partial charge in [0.2, 0.25) is 0 Å². The fourth-order valence-corrected chi connectivity index (χ4v) is 3.05. The highest BCUT2D eigenvalue weighted by Crippen LogP contribution is 2.27. The number of nitrogens with zero attached hydrogens (tertiary/aromatic N) is 2. The van der Waals surface area contributed by atoms with Crippen molar-refractivity contribution in [2.75, 3.05) is 24.2 Å². The van der Waals surface area contributed by atoms with Crippen LogP contribution in [0.15, 0.2) is 59.6 Å². The normalized spacial score (nSPS) is 13.6. The van der Waals surface area contributed by atoms with Gasteiger partial charge in [0.15, 0.2) is 5.17 Å². The molecule has 2 aromatic rings. The number of anilines is 2. The Kier molecular flexibility index (Phi) is 4.44. The SMILES string of the molecule is CN(c1ccccc1)c1ccccc1C(=O)NC1=NCCS1. The molecular formula is C17H17N3OS. The predicted octanol–water partition coefficient (Wildman–Crippen LogP) is 3.29. The minimum absolute atomic E-state index is 0.119. The van der Waals surface area contributed by atoms with Crippen LogP contribution in [-0.4, -0.2) is 30.4 Å². The van der Waals surface area contributed by atoms with E-state index in [0.717, 1.165) is 23.7 Å². The minimum atomic E-state index is -0.119. The standard InChI is InChI=1S/C17H17N3OS/c1-20(13-7-3-2-4-8-13)15-10-6-5-9-14(15)16(21)19-17-18-11-12-22-17/h2-10H,11-12H2,1H3,(H,18,19,21). The molecular weight excluding hydrogens is 294 g/mol. The second kappa shape index (κ2) is 6.66. The molecule has 0 bridgehead atoms. The third-order valence-corrected chi connectivity index (χ3v) is 4.35. The number of nitrogens with one attached hydrogen (secondary N) is 1. The van der Waals surface area contributed by atoms with E-state index < -0.39 is 0 Å². The summed E-state index contributed by atoms with van der Waals surface area (Å²) in [7, 11) is 1.96. The number of amidine groups is 1. The lowest BCUT2D eigenvalue weighted by Crippen LogP contribution is -2.28. The summed E-state index contributed by atoms with van der Waals surface area (Å²) in [6.45, 7) is 0.770. The van der Waals surface area contributed by atoms with E-state index in [1.54, 1.807) is 11.8 Å². The van der Waals surface area contributed by atoms with Gasteiger partial charge in [0.1, 0.15) is 0 Å². The molecule has 0 fully saturated rings. The van der Waals surface area contributed by atoms with E-state index in [1.807, 2.05) is 66.5 Å². The summed E-state index contributed by atoms with van der Waals surface area (Å²) in [5, 5.41) is 3.60. The van der Waals surface area contributed by atoms with Gasteiger partial charge in [-0.15, -0.1) is 0 Å². The number of carbonyl (C=O) groups is 1. The van der Waals surface area contributed by atoms with Crippen LogP contribution in [0.5, 0.6) is 0 Å². The summed E-state index contributed by atoms with van der Waals surface area (Å²) in [5.41, 5.74) is 2.55. The van der Waals surface area contributed by atoms with Crippen molar-refractivity contribution in [1.29, 1.82) is 0 Å². The fourth-order valence-electron chi connectivity index (χ4n) is 2.32. The highest BCUT2D eigenvalue weighted by atomic mass is 32.2. The summed E-state index contributed by atoms with van der Waals surface area (Å²) in [4.78, 5) is 18.8. The van der Waals surface area contributed by atoms with Crippen molar-refractivity contribution in [3.05, 3.63) is 60.2 Å². The third-order valence-electron chi connectivity index (χ3n) is 3.46. The van der Waals surface area contributed by atoms with Gasteiger partial charge in [-0.05, 0) is 24.3 Å². The molecule has 4 nitrogen and oxygen atoms in total. The molecule has 22 heavy (non-hydrogen) atoms. The molecule has 0 spiro atoms. The van der Waals surface area contributed by atoms with Crippen molar-refractivity contribution in [3.8, 4) is 0 Å². The molecule has 1 aliphatic rings. The van der Waals surface area contributed by atoms with Crippen LogP contribution < -0.4 is 10.2 Å². The number of benzene rings is 2. The largest absolute Gasteiger partial charge is 0.344 e. The van der Waals surface area contributed by atoms with Gasteiger partial charge in [0.25, 0.3) is 5.91 Å². The van der Waals surface area contributed by atoms with E-state index >= 15 is 0 Å². The Morgan fingerprint density at radius 2 is 1.86 bits per heavy atom. The van der Waals surface area contributed by atoms with Gasteiger partial charge in [-0.2, -0.15) is 0 Å². The fraction of sp³-hybridized carbons (Fsp3) is 0.176. The van der Waals surface area contributed by atoms with Crippen LogP contribution in [0.1, 0.15) is 10.4 Å². The van der Waals surface area contributed by atoms with Gasteiger partial charge >= 0.3 is 0 Å². The van der Waals surface area contributed by atoms with Gasteiger partial charge in [-0.3, -0.25) is 9.79 Å². The van der Waals surface area contributed by atoms with Gasteiger partial charge in [0, 0.05) is 18.5 Å². The summed E-state index contributed by atoms with van der Waals surface area (Å²) in [5.74, 6) is 0.813. The maximum atomic E-state index is 12.5. The average molecular weight is 311 g/mol. The van der Waals surface area contributed by atoms with Gasteiger partial charge in [-0.25, -0.2) is 0 Å². The second-order valence-electron chi connectivity index (χ2n) is 4.90. The van der Waals surface area contributed by atoms with Crippen LogP contribution in [-0.2, 0) is 0 Å². The summed E-state index contributed by atoms with van der Waals surface area (Å²) in [6, 6.07) is 17.6. The molecule has 1 N–H and O–H groups in total. The lowest BCUT2D eigenvalue weighted by Gasteiger charge is -2.22. The topological polar surface area (TPSA) is 44.7 Å². The number of thioether (sulfide) groups is 1. The van der Waals surface area contributed by atoms with Crippen LogP contribution in [0.25, 0.3) is 0 Å². The highest BCUT2D eigenvalue weighted by molar-refractivity contribution is 8.14. The Morgan fingerprint density at radius 1 is 1.14 bits per heavy atom. The molecule has 0 radical (unpaired) electrons. The van der Waals surface area contributed by atoms with E-state index in [1.165, 1.54) is 0 Å². The van der Waals surface area contributed by atoms with E-state index in [0.29, 0.717) is 10.7 Å². The molecule has 1 amide bonds. The van der Waals surface area contributed by atoms with Gasteiger partial charge in [0.05, 0.1) is 17.8 Å². The molecule has 1 heterocycles. The molecule has 1 aliphatic heterocycles. The van der Waals surface area contributed by atoms with E-state index in [4.69, 9.17) is 0 Å². The molecule has 0 aliphatic carbocycles.